The number of sulfone groups is 1. The Bertz CT molecular complexity index is 459. The maximum atomic E-state index is 11.2. The Kier molecular flexibility index (Phi) is 2.97. The van der Waals surface area contributed by atoms with Crippen molar-refractivity contribution in [1.29, 1.82) is 0 Å². The average Bonchev–Trinajstić information content (AvgIpc) is 2.45. The molecule has 0 bridgehead atoms. The van der Waals surface area contributed by atoms with E-state index in [0.717, 1.165) is 5.69 Å². The van der Waals surface area contributed by atoms with Crippen LogP contribution in [0.25, 0.3) is 0 Å². The van der Waals surface area contributed by atoms with Gasteiger partial charge in [-0.05, 0) is 19.4 Å². The van der Waals surface area contributed by atoms with Gasteiger partial charge >= 0.3 is 0 Å². The molecule has 2 heterocycles. The van der Waals surface area contributed by atoms with E-state index in [2.05, 4.69) is 9.97 Å². The standard InChI is InChI=1S/C9H12N2O2S2/c1-7-2-4-10-9(11-7)14-8-3-5-15(12,13)6-8/h2,4,8H,3,5-6H2,1H3. The van der Waals surface area contributed by atoms with Gasteiger partial charge < -0.3 is 0 Å². The first-order valence-electron chi connectivity index (χ1n) is 4.72. The minimum Gasteiger partial charge on any atom is -0.231 e. The monoisotopic (exact) mass is 244 g/mol. The van der Waals surface area contributed by atoms with Gasteiger partial charge in [-0.3, -0.25) is 0 Å². The summed E-state index contributed by atoms with van der Waals surface area (Å²) in [5, 5.41) is 0.800. The summed E-state index contributed by atoms with van der Waals surface area (Å²) in [7, 11) is -2.80. The van der Waals surface area contributed by atoms with Crippen molar-refractivity contribution < 1.29 is 8.42 Å². The van der Waals surface area contributed by atoms with E-state index < -0.39 is 9.84 Å². The molecule has 0 saturated carbocycles. The predicted octanol–water partition coefficient (Wildman–Crippen LogP) is 1.06. The van der Waals surface area contributed by atoms with Gasteiger partial charge in [-0.2, -0.15) is 0 Å². The summed E-state index contributed by atoms with van der Waals surface area (Å²) in [6.07, 6.45) is 2.42. The zero-order chi connectivity index (χ0) is 10.9. The second kappa shape index (κ2) is 4.09. The molecule has 1 atom stereocenters. The van der Waals surface area contributed by atoms with E-state index in [0.29, 0.717) is 17.3 Å². The molecule has 6 heteroatoms. The molecular weight excluding hydrogens is 232 g/mol. The lowest BCUT2D eigenvalue weighted by atomic mass is 10.4. The second-order valence-electron chi connectivity index (χ2n) is 3.62. The molecule has 1 aromatic rings. The van der Waals surface area contributed by atoms with E-state index in [4.69, 9.17) is 0 Å². The fourth-order valence-electron chi connectivity index (χ4n) is 1.49. The molecule has 1 aliphatic heterocycles. The molecule has 15 heavy (non-hydrogen) atoms. The maximum Gasteiger partial charge on any atom is 0.188 e. The van der Waals surface area contributed by atoms with Crippen LogP contribution in [0.4, 0.5) is 0 Å². The van der Waals surface area contributed by atoms with Gasteiger partial charge in [-0.15, -0.1) is 0 Å². The largest absolute Gasteiger partial charge is 0.231 e. The van der Waals surface area contributed by atoms with Gasteiger partial charge in [-0.25, -0.2) is 18.4 Å². The topological polar surface area (TPSA) is 59.9 Å². The summed E-state index contributed by atoms with van der Waals surface area (Å²) < 4.78 is 22.5. The molecule has 0 N–H and O–H groups in total. The molecule has 0 spiro atoms. The van der Waals surface area contributed by atoms with Crippen LogP contribution < -0.4 is 0 Å². The smallest absolute Gasteiger partial charge is 0.188 e. The predicted molar refractivity (Wildman–Crippen MR) is 59.7 cm³/mol. The van der Waals surface area contributed by atoms with Gasteiger partial charge in [-0.1, -0.05) is 11.8 Å². The van der Waals surface area contributed by atoms with Gasteiger partial charge in [0, 0.05) is 17.1 Å². The summed E-state index contributed by atoms with van der Waals surface area (Å²) in [4.78, 5) is 8.35. The highest BCUT2D eigenvalue weighted by Gasteiger charge is 2.29. The molecule has 1 saturated heterocycles. The van der Waals surface area contributed by atoms with E-state index in [1.54, 1.807) is 6.20 Å². The number of nitrogens with zero attached hydrogens (tertiary/aromatic N) is 2. The van der Waals surface area contributed by atoms with Crippen molar-refractivity contribution in [2.24, 2.45) is 0 Å². The molecule has 0 radical (unpaired) electrons. The number of aromatic nitrogens is 2. The van der Waals surface area contributed by atoms with E-state index in [1.807, 2.05) is 13.0 Å². The molecule has 0 aromatic carbocycles. The van der Waals surface area contributed by atoms with Gasteiger partial charge in [0.2, 0.25) is 0 Å². The summed E-state index contributed by atoms with van der Waals surface area (Å²) in [5.41, 5.74) is 0.911. The lowest BCUT2D eigenvalue weighted by Gasteiger charge is -2.05. The van der Waals surface area contributed by atoms with Crippen LogP contribution in [0.2, 0.25) is 0 Å². The van der Waals surface area contributed by atoms with Crippen molar-refractivity contribution in [3.8, 4) is 0 Å². The Hall–Kier alpha value is -0.620. The van der Waals surface area contributed by atoms with Crippen LogP contribution in [0, 0.1) is 6.92 Å². The number of aryl methyl sites for hydroxylation is 1. The zero-order valence-corrected chi connectivity index (χ0v) is 10.0. The normalized spacial score (nSPS) is 24.2. The fourth-order valence-corrected chi connectivity index (χ4v) is 4.92. The fraction of sp³-hybridized carbons (Fsp3) is 0.556. The zero-order valence-electron chi connectivity index (χ0n) is 8.38. The van der Waals surface area contributed by atoms with E-state index in [9.17, 15) is 8.42 Å². The summed E-state index contributed by atoms with van der Waals surface area (Å²) in [6, 6.07) is 1.83. The highest BCUT2D eigenvalue weighted by molar-refractivity contribution is 8.01. The number of hydrogen-bond acceptors (Lipinski definition) is 5. The molecule has 0 aliphatic carbocycles. The first-order chi connectivity index (χ1) is 7.05. The third-order valence-corrected chi connectivity index (χ3v) is 5.36. The molecule has 2 rings (SSSR count). The Labute approximate surface area is 93.4 Å². The van der Waals surface area contributed by atoms with Gasteiger partial charge in [0.15, 0.2) is 15.0 Å². The average molecular weight is 244 g/mol. The van der Waals surface area contributed by atoms with Crippen molar-refractivity contribution in [1.82, 2.24) is 9.97 Å². The molecule has 1 aromatic heterocycles. The van der Waals surface area contributed by atoms with E-state index >= 15 is 0 Å². The van der Waals surface area contributed by atoms with Crippen LogP contribution in [0.15, 0.2) is 17.4 Å². The highest BCUT2D eigenvalue weighted by Crippen LogP contribution is 2.28. The van der Waals surface area contributed by atoms with Crippen LogP contribution in [0.1, 0.15) is 12.1 Å². The summed E-state index contributed by atoms with van der Waals surface area (Å²) in [5.74, 6) is 0.561. The van der Waals surface area contributed by atoms with E-state index in [-0.39, 0.29) is 11.0 Å². The molecule has 1 fully saturated rings. The van der Waals surface area contributed by atoms with Crippen molar-refractivity contribution >= 4 is 21.6 Å². The number of rotatable bonds is 2. The minimum absolute atomic E-state index is 0.122. The Morgan fingerprint density at radius 3 is 2.93 bits per heavy atom. The molecule has 1 unspecified atom stereocenters. The van der Waals surface area contributed by atoms with Crippen LogP contribution in [-0.2, 0) is 9.84 Å². The lowest BCUT2D eigenvalue weighted by Crippen LogP contribution is -2.07. The molecule has 4 nitrogen and oxygen atoms in total. The minimum atomic E-state index is -2.80. The summed E-state index contributed by atoms with van der Waals surface area (Å²) >= 11 is 1.47. The Morgan fingerprint density at radius 1 is 1.53 bits per heavy atom. The molecule has 0 amide bonds. The van der Waals surface area contributed by atoms with Gasteiger partial charge in [0.25, 0.3) is 0 Å². The third kappa shape index (κ3) is 2.92. The van der Waals surface area contributed by atoms with Gasteiger partial charge in [0.05, 0.1) is 11.5 Å². The van der Waals surface area contributed by atoms with Crippen LogP contribution >= 0.6 is 11.8 Å². The maximum absolute atomic E-state index is 11.2. The van der Waals surface area contributed by atoms with Crippen molar-refractivity contribution in [2.75, 3.05) is 11.5 Å². The van der Waals surface area contributed by atoms with Crippen LogP contribution in [0.3, 0.4) is 0 Å². The van der Waals surface area contributed by atoms with Crippen molar-refractivity contribution in [3.05, 3.63) is 18.0 Å². The number of thioether (sulfide) groups is 1. The first-order valence-corrected chi connectivity index (χ1v) is 7.42. The van der Waals surface area contributed by atoms with Crippen LogP contribution in [-0.4, -0.2) is 35.1 Å². The molecule has 1 aliphatic rings. The Balaban J connectivity index is 2.05. The number of hydrogen-bond donors (Lipinski definition) is 0. The van der Waals surface area contributed by atoms with E-state index in [1.165, 1.54) is 11.8 Å². The van der Waals surface area contributed by atoms with Crippen molar-refractivity contribution in [3.63, 3.8) is 0 Å². The first kappa shape index (κ1) is 10.9. The Morgan fingerprint density at radius 2 is 2.33 bits per heavy atom. The molecule has 82 valence electrons. The van der Waals surface area contributed by atoms with Crippen LogP contribution in [0.5, 0.6) is 0 Å². The highest BCUT2D eigenvalue weighted by atomic mass is 32.2. The third-order valence-electron chi connectivity index (χ3n) is 2.24. The SMILES string of the molecule is Cc1ccnc(SC2CCS(=O)(=O)C2)n1. The second-order valence-corrected chi connectivity index (χ2v) is 7.12. The summed E-state index contributed by atoms with van der Waals surface area (Å²) in [6.45, 7) is 1.90. The van der Waals surface area contributed by atoms with Crippen molar-refractivity contribution in [2.45, 2.75) is 23.8 Å². The quantitative estimate of drug-likeness (QED) is 0.728. The van der Waals surface area contributed by atoms with Gasteiger partial charge in [0.1, 0.15) is 0 Å². The molecular formula is C9H12N2O2S2. The lowest BCUT2D eigenvalue weighted by molar-refractivity contribution is 0.602.